The third-order valence-corrected chi connectivity index (χ3v) is 3.01. The molecule has 0 aliphatic rings. The van der Waals surface area contributed by atoms with Gasteiger partial charge in [0.25, 0.3) is 0 Å². The molecule has 0 bridgehead atoms. The lowest BCUT2D eigenvalue weighted by atomic mass is 10.1. The van der Waals surface area contributed by atoms with Crippen molar-refractivity contribution in [1.29, 1.82) is 0 Å². The van der Waals surface area contributed by atoms with E-state index in [1.54, 1.807) is 18.2 Å². The second-order valence-electron chi connectivity index (χ2n) is 4.85. The van der Waals surface area contributed by atoms with Crippen LogP contribution < -0.4 is 16.4 Å². The highest BCUT2D eigenvalue weighted by Gasteiger charge is 2.04. The molecule has 21 heavy (non-hydrogen) atoms. The van der Waals surface area contributed by atoms with Crippen molar-refractivity contribution in [2.24, 2.45) is 5.73 Å². The molecule has 0 saturated heterocycles. The fraction of sp³-hybridized carbons (Fsp3) is 0.188. The maximum Gasteiger partial charge on any atom is 0.319 e. The van der Waals surface area contributed by atoms with Crippen molar-refractivity contribution in [3.63, 3.8) is 0 Å². The van der Waals surface area contributed by atoms with Crippen molar-refractivity contribution < 1.29 is 9.18 Å². The molecule has 0 aliphatic carbocycles. The molecule has 4 nitrogen and oxygen atoms in total. The van der Waals surface area contributed by atoms with Gasteiger partial charge in [0, 0.05) is 18.3 Å². The molecule has 0 saturated carbocycles. The molecule has 0 aromatic heterocycles. The molecular weight excluding hydrogens is 269 g/mol. The van der Waals surface area contributed by atoms with Crippen molar-refractivity contribution in [1.82, 2.24) is 5.32 Å². The van der Waals surface area contributed by atoms with Gasteiger partial charge < -0.3 is 16.4 Å². The Balaban J connectivity index is 1.91. The van der Waals surface area contributed by atoms with E-state index in [9.17, 15) is 9.18 Å². The van der Waals surface area contributed by atoms with Gasteiger partial charge in [0.2, 0.25) is 0 Å². The fourth-order valence-electron chi connectivity index (χ4n) is 1.90. The van der Waals surface area contributed by atoms with Gasteiger partial charge >= 0.3 is 6.03 Å². The lowest BCUT2D eigenvalue weighted by molar-refractivity contribution is 0.251. The topological polar surface area (TPSA) is 67.1 Å². The van der Waals surface area contributed by atoms with Crippen LogP contribution >= 0.6 is 0 Å². The number of nitrogens with two attached hydrogens (primary N) is 1. The lowest BCUT2D eigenvalue weighted by Gasteiger charge is -2.10. The molecule has 1 unspecified atom stereocenters. The first-order valence-corrected chi connectivity index (χ1v) is 6.69. The molecule has 0 radical (unpaired) electrons. The van der Waals surface area contributed by atoms with Gasteiger partial charge in [-0.1, -0.05) is 24.3 Å². The highest BCUT2D eigenvalue weighted by Crippen LogP contribution is 2.15. The Kier molecular flexibility index (Phi) is 4.90. The van der Waals surface area contributed by atoms with Gasteiger partial charge in [0.1, 0.15) is 5.82 Å². The van der Waals surface area contributed by atoms with Crippen LogP contribution in [0, 0.1) is 5.82 Å². The number of benzene rings is 2. The van der Waals surface area contributed by atoms with Crippen LogP contribution in [0.1, 0.15) is 24.1 Å². The Morgan fingerprint density at radius 3 is 2.71 bits per heavy atom. The number of urea groups is 1. The smallest absolute Gasteiger partial charge is 0.319 e. The number of hydrogen-bond acceptors (Lipinski definition) is 2. The summed E-state index contributed by atoms with van der Waals surface area (Å²) in [6, 6.07) is 13.0. The monoisotopic (exact) mass is 287 g/mol. The Labute approximate surface area is 123 Å². The molecular formula is C16H18FN3O. The summed E-state index contributed by atoms with van der Waals surface area (Å²) in [5.41, 5.74) is 8.11. The minimum Gasteiger partial charge on any atom is -0.334 e. The first-order chi connectivity index (χ1) is 10.0. The lowest BCUT2D eigenvalue weighted by Crippen LogP contribution is -2.28. The van der Waals surface area contributed by atoms with E-state index < -0.39 is 0 Å². The average Bonchev–Trinajstić information content (AvgIpc) is 2.45. The summed E-state index contributed by atoms with van der Waals surface area (Å²) in [6.07, 6.45) is 0. The zero-order valence-corrected chi connectivity index (χ0v) is 11.8. The molecule has 2 amide bonds. The van der Waals surface area contributed by atoms with E-state index in [1.165, 1.54) is 12.1 Å². The van der Waals surface area contributed by atoms with Crippen LogP contribution in [0.2, 0.25) is 0 Å². The third kappa shape index (κ3) is 4.57. The Bertz CT molecular complexity index is 628. The van der Waals surface area contributed by atoms with Crippen molar-refractivity contribution >= 4 is 11.7 Å². The first-order valence-electron chi connectivity index (χ1n) is 6.69. The quantitative estimate of drug-likeness (QED) is 0.808. The maximum absolute atomic E-state index is 13.0. The molecule has 1 atom stereocenters. The summed E-state index contributed by atoms with van der Waals surface area (Å²) in [5, 5.41) is 5.40. The maximum atomic E-state index is 13.0. The summed E-state index contributed by atoms with van der Waals surface area (Å²) in [6.45, 7) is 2.14. The number of nitrogens with one attached hydrogen (secondary N) is 2. The van der Waals surface area contributed by atoms with Crippen LogP contribution in [0.3, 0.4) is 0 Å². The molecule has 0 aliphatic heterocycles. The summed E-state index contributed by atoms with van der Waals surface area (Å²) >= 11 is 0. The number of halogens is 1. The minimum atomic E-state index is -0.346. The highest BCUT2D eigenvalue weighted by atomic mass is 19.1. The molecule has 110 valence electrons. The van der Waals surface area contributed by atoms with E-state index in [0.717, 1.165) is 5.56 Å². The van der Waals surface area contributed by atoms with Crippen molar-refractivity contribution in [3.8, 4) is 0 Å². The van der Waals surface area contributed by atoms with Crippen LogP contribution in [0.25, 0.3) is 0 Å². The van der Waals surface area contributed by atoms with Gasteiger partial charge in [-0.15, -0.1) is 0 Å². The number of carbonyl (C=O) groups excluding carboxylic acids is 1. The fourth-order valence-corrected chi connectivity index (χ4v) is 1.90. The molecule has 2 aromatic rings. The molecule has 2 rings (SSSR count). The van der Waals surface area contributed by atoms with Crippen molar-refractivity contribution in [2.45, 2.75) is 19.5 Å². The highest BCUT2D eigenvalue weighted by molar-refractivity contribution is 5.89. The van der Waals surface area contributed by atoms with Gasteiger partial charge in [-0.05, 0) is 42.3 Å². The number of anilines is 1. The Morgan fingerprint density at radius 2 is 2.00 bits per heavy atom. The molecule has 0 spiro atoms. The molecule has 0 fully saturated rings. The van der Waals surface area contributed by atoms with Crippen molar-refractivity contribution in [2.75, 3.05) is 5.32 Å². The number of amides is 2. The molecule has 4 N–H and O–H groups in total. The average molecular weight is 287 g/mol. The van der Waals surface area contributed by atoms with Crippen LogP contribution in [-0.2, 0) is 6.54 Å². The van der Waals surface area contributed by atoms with E-state index in [2.05, 4.69) is 10.6 Å². The third-order valence-electron chi connectivity index (χ3n) is 3.01. The summed E-state index contributed by atoms with van der Waals surface area (Å²) in [5.74, 6) is -0.320. The van der Waals surface area contributed by atoms with Crippen LogP contribution in [0.5, 0.6) is 0 Å². The van der Waals surface area contributed by atoms with Crippen LogP contribution in [0.15, 0.2) is 48.5 Å². The second kappa shape index (κ2) is 6.85. The molecule has 5 heteroatoms. The van der Waals surface area contributed by atoms with E-state index in [0.29, 0.717) is 11.3 Å². The SMILES string of the molecule is CC(N)c1cccc(NC(=O)NCc2cccc(F)c2)c1. The summed E-state index contributed by atoms with van der Waals surface area (Å²) < 4.78 is 13.0. The minimum absolute atomic E-state index is 0.0953. The number of hydrogen-bond donors (Lipinski definition) is 3. The van der Waals surface area contributed by atoms with Crippen LogP contribution in [0.4, 0.5) is 14.9 Å². The van der Waals surface area contributed by atoms with E-state index in [4.69, 9.17) is 5.73 Å². The molecule has 0 heterocycles. The summed E-state index contributed by atoms with van der Waals surface area (Å²) in [7, 11) is 0. The van der Waals surface area contributed by atoms with Gasteiger partial charge in [-0.25, -0.2) is 9.18 Å². The van der Waals surface area contributed by atoms with Gasteiger partial charge in [0.15, 0.2) is 0 Å². The van der Waals surface area contributed by atoms with Crippen LogP contribution in [-0.4, -0.2) is 6.03 Å². The van der Waals surface area contributed by atoms with E-state index >= 15 is 0 Å². The summed E-state index contributed by atoms with van der Waals surface area (Å²) in [4.78, 5) is 11.8. The first kappa shape index (κ1) is 15.0. The Hall–Kier alpha value is -2.40. The molecule has 2 aromatic carbocycles. The van der Waals surface area contributed by atoms with Gasteiger partial charge in [-0.2, -0.15) is 0 Å². The zero-order valence-electron chi connectivity index (χ0n) is 11.8. The van der Waals surface area contributed by atoms with Crippen molar-refractivity contribution in [3.05, 3.63) is 65.5 Å². The number of rotatable bonds is 4. The van der Waals surface area contributed by atoms with Gasteiger partial charge in [0.05, 0.1) is 0 Å². The van der Waals surface area contributed by atoms with Gasteiger partial charge in [-0.3, -0.25) is 0 Å². The number of carbonyl (C=O) groups is 1. The Morgan fingerprint density at radius 1 is 1.24 bits per heavy atom. The van der Waals surface area contributed by atoms with E-state index in [1.807, 2.05) is 25.1 Å². The van der Waals surface area contributed by atoms with E-state index in [-0.39, 0.29) is 24.4 Å². The predicted octanol–water partition coefficient (Wildman–Crippen LogP) is 3.17. The second-order valence-corrected chi connectivity index (χ2v) is 4.85. The largest absolute Gasteiger partial charge is 0.334 e. The zero-order chi connectivity index (χ0) is 15.2. The standard InChI is InChI=1S/C16H18FN3O/c1-11(18)13-5-3-7-15(9-13)20-16(21)19-10-12-4-2-6-14(17)8-12/h2-9,11H,10,18H2,1H3,(H2,19,20,21). The predicted molar refractivity (Wildman–Crippen MR) is 81.3 cm³/mol. The normalized spacial score (nSPS) is 11.8.